The molecule has 0 saturated carbocycles. The number of hydrogen-bond acceptors (Lipinski definition) is 1. The van der Waals surface area contributed by atoms with E-state index in [9.17, 15) is 22.4 Å². The van der Waals surface area contributed by atoms with Gasteiger partial charge in [0, 0.05) is 10.0 Å². The normalized spacial score (nSPS) is 11.5. The molecule has 0 unspecified atom stereocenters. The molecule has 0 aliphatic rings. The summed E-state index contributed by atoms with van der Waals surface area (Å²) in [6, 6.07) is 6.15. The molecule has 0 spiro atoms. The van der Waals surface area contributed by atoms with Crippen molar-refractivity contribution in [2.75, 3.05) is 0 Å². The Bertz CT molecular complexity index is 695. The lowest BCUT2D eigenvalue weighted by Crippen LogP contribution is -2.08. The average Bonchev–Trinajstić information content (AvgIpc) is 2.43. The molecular formula is C14H6BrClF4O. The number of carbonyl (C=O) groups excluding carboxylic acids is 1. The van der Waals surface area contributed by atoms with Crippen LogP contribution < -0.4 is 0 Å². The highest BCUT2D eigenvalue weighted by Gasteiger charge is 2.30. The SMILES string of the molecule is O=C(c1ccc(C(F)(F)F)cc1)c1ccc(Br)c(Cl)c1F. The van der Waals surface area contributed by atoms with E-state index in [2.05, 4.69) is 15.9 Å². The molecule has 2 aromatic rings. The Morgan fingerprint density at radius 2 is 1.62 bits per heavy atom. The molecule has 1 nitrogen and oxygen atoms in total. The number of alkyl halides is 3. The molecule has 0 saturated heterocycles. The molecular weight excluding hydrogens is 376 g/mol. The third-order valence-corrected chi connectivity index (χ3v) is 4.01. The minimum Gasteiger partial charge on any atom is -0.288 e. The molecule has 21 heavy (non-hydrogen) atoms. The van der Waals surface area contributed by atoms with Crippen LogP contribution in [0.5, 0.6) is 0 Å². The summed E-state index contributed by atoms with van der Waals surface area (Å²) in [5.41, 5.74) is -1.24. The Morgan fingerprint density at radius 1 is 1.05 bits per heavy atom. The van der Waals surface area contributed by atoms with Crippen LogP contribution in [0.15, 0.2) is 40.9 Å². The van der Waals surface area contributed by atoms with Crippen LogP contribution in [0.1, 0.15) is 21.5 Å². The molecule has 2 rings (SSSR count). The van der Waals surface area contributed by atoms with Gasteiger partial charge in [-0.05, 0) is 40.2 Å². The average molecular weight is 382 g/mol. The van der Waals surface area contributed by atoms with E-state index in [1.54, 1.807) is 0 Å². The fraction of sp³-hybridized carbons (Fsp3) is 0.0714. The summed E-state index contributed by atoms with van der Waals surface area (Å²) in [5, 5.41) is -0.257. The molecule has 0 bridgehead atoms. The zero-order valence-electron chi connectivity index (χ0n) is 10.1. The number of carbonyl (C=O) groups is 1. The Balaban J connectivity index is 2.39. The van der Waals surface area contributed by atoms with Gasteiger partial charge in [-0.2, -0.15) is 13.2 Å². The van der Waals surface area contributed by atoms with Gasteiger partial charge >= 0.3 is 6.18 Å². The van der Waals surface area contributed by atoms with E-state index in [1.807, 2.05) is 0 Å². The van der Waals surface area contributed by atoms with Crippen LogP contribution in [0, 0.1) is 5.82 Å². The van der Waals surface area contributed by atoms with E-state index in [1.165, 1.54) is 12.1 Å². The molecule has 0 N–H and O–H groups in total. The smallest absolute Gasteiger partial charge is 0.288 e. The Kier molecular flexibility index (Phi) is 4.39. The van der Waals surface area contributed by atoms with Crippen molar-refractivity contribution < 1.29 is 22.4 Å². The fourth-order valence-corrected chi connectivity index (χ4v) is 2.14. The van der Waals surface area contributed by atoms with Gasteiger partial charge in [-0.1, -0.05) is 23.7 Å². The molecule has 2 aromatic carbocycles. The van der Waals surface area contributed by atoms with Crippen molar-refractivity contribution in [2.24, 2.45) is 0 Å². The zero-order valence-corrected chi connectivity index (χ0v) is 12.5. The van der Waals surface area contributed by atoms with Gasteiger partial charge < -0.3 is 0 Å². The van der Waals surface area contributed by atoms with Crippen molar-refractivity contribution in [3.63, 3.8) is 0 Å². The summed E-state index contributed by atoms with van der Waals surface area (Å²) in [4.78, 5) is 12.1. The molecule has 0 fully saturated rings. The molecule has 110 valence electrons. The van der Waals surface area contributed by atoms with E-state index in [-0.39, 0.29) is 20.6 Å². The van der Waals surface area contributed by atoms with Gasteiger partial charge in [-0.15, -0.1) is 0 Å². The summed E-state index contributed by atoms with van der Waals surface area (Å²) in [7, 11) is 0. The highest BCUT2D eigenvalue weighted by atomic mass is 79.9. The van der Waals surface area contributed by atoms with Crippen LogP contribution in [0.4, 0.5) is 17.6 Å². The van der Waals surface area contributed by atoms with Gasteiger partial charge in [0.1, 0.15) is 0 Å². The molecule has 0 radical (unpaired) electrons. The summed E-state index contributed by atoms with van der Waals surface area (Å²) >= 11 is 8.69. The predicted molar refractivity (Wildman–Crippen MR) is 74.0 cm³/mol. The second kappa shape index (κ2) is 5.77. The molecule has 0 heterocycles. The van der Waals surface area contributed by atoms with Crippen LogP contribution in [-0.4, -0.2) is 5.78 Å². The zero-order chi connectivity index (χ0) is 15.8. The van der Waals surface area contributed by atoms with Crippen molar-refractivity contribution in [1.82, 2.24) is 0 Å². The summed E-state index contributed by atoms with van der Waals surface area (Å²) in [6.07, 6.45) is -4.49. The number of hydrogen-bond donors (Lipinski definition) is 0. The lowest BCUT2D eigenvalue weighted by Gasteiger charge is -2.08. The van der Waals surface area contributed by atoms with Crippen LogP contribution in [0.3, 0.4) is 0 Å². The highest BCUT2D eigenvalue weighted by Crippen LogP contribution is 2.31. The van der Waals surface area contributed by atoms with Gasteiger partial charge in [-0.25, -0.2) is 4.39 Å². The number of rotatable bonds is 2. The largest absolute Gasteiger partial charge is 0.416 e. The monoisotopic (exact) mass is 380 g/mol. The molecule has 0 atom stereocenters. The molecule has 7 heteroatoms. The summed E-state index contributed by atoms with van der Waals surface area (Å²) in [5.74, 6) is -1.66. The second-order valence-electron chi connectivity index (χ2n) is 4.13. The number of benzene rings is 2. The minimum absolute atomic E-state index is 0.0553. The minimum atomic E-state index is -4.49. The Morgan fingerprint density at radius 3 is 2.14 bits per heavy atom. The second-order valence-corrected chi connectivity index (χ2v) is 5.36. The van der Waals surface area contributed by atoms with Crippen molar-refractivity contribution >= 4 is 33.3 Å². The van der Waals surface area contributed by atoms with Crippen LogP contribution >= 0.6 is 27.5 Å². The van der Waals surface area contributed by atoms with Gasteiger partial charge in [0.25, 0.3) is 0 Å². The van der Waals surface area contributed by atoms with Crippen molar-refractivity contribution in [1.29, 1.82) is 0 Å². The third kappa shape index (κ3) is 3.27. The van der Waals surface area contributed by atoms with E-state index >= 15 is 0 Å². The van der Waals surface area contributed by atoms with Crippen molar-refractivity contribution in [3.8, 4) is 0 Å². The van der Waals surface area contributed by atoms with Gasteiger partial charge in [0.05, 0.1) is 16.1 Å². The van der Waals surface area contributed by atoms with Crippen molar-refractivity contribution in [3.05, 3.63) is 68.4 Å². The van der Waals surface area contributed by atoms with Crippen molar-refractivity contribution in [2.45, 2.75) is 6.18 Å². The van der Waals surface area contributed by atoms with E-state index in [0.717, 1.165) is 24.3 Å². The van der Waals surface area contributed by atoms with Gasteiger partial charge in [0.2, 0.25) is 0 Å². The van der Waals surface area contributed by atoms with Gasteiger partial charge in [0.15, 0.2) is 11.6 Å². The number of halogens is 6. The van der Waals surface area contributed by atoms with Crippen LogP contribution in [-0.2, 0) is 6.18 Å². The van der Waals surface area contributed by atoms with E-state index in [4.69, 9.17) is 11.6 Å². The predicted octanol–water partition coefficient (Wildman–Crippen LogP) is 5.49. The first kappa shape index (κ1) is 16.0. The highest BCUT2D eigenvalue weighted by molar-refractivity contribution is 9.10. The lowest BCUT2D eigenvalue weighted by molar-refractivity contribution is -0.137. The molecule has 0 aliphatic heterocycles. The van der Waals surface area contributed by atoms with Crippen LogP contribution in [0.25, 0.3) is 0 Å². The lowest BCUT2D eigenvalue weighted by atomic mass is 10.0. The van der Waals surface area contributed by atoms with Crippen LogP contribution in [0.2, 0.25) is 5.02 Å². The maximum atomic E-state index is 13.9. The van der Waals surface area contributed by atoms with E-state index < -0.39 is 23.3 Å². The first-order chi connectivity index (χ1) is 9.71. The summed E-state index contributed by atoms with van der Waals surface area (Å²) < 4.78 is 51.5. The maximum absolute atomic E-state index is 13.9. The Labute approximate surface area is 130 Å². The standard InChI is InChI=1S/C14H6BrClF4O/c15-10-6-5-9(12(17)11(10)16)13(21)7-1-3-8(4-2-7)14(18,19)20/h1-6H. The van der Waals surface area contributed by atoms with Gasteiger partial charge in [-0.3, -0.25) is 4.79 Å². The first-order valence-electron chi connectivity index (χ1n) is 5.57. The van der Waals surface area contributed by atoms with E-state index in [0.29, 0.717) is 0 Å². The molecule has 0 aliphatic carbocycles. The third-order valence-electron chi connectivity index (χ3n) is 2.75. The molecule has 0 amide bonds. The summed E-state index contributed by atoms with van der Waals surface area (Å²) in [6.45, 7) is 0. The topological polar surface area (TPSA) is 17.1 Å². The maximum Gasteiger partial charge on any atom is 0.416 e. The first-order valence-corrected chi connectivity index (χ1v) is 6.74. The number of ketones is 1. The Hall–Kier alpha value is -1.40. The molecule has 0 aromatic heterocycles. The fourth-order valence-electron chi connectivity index (χ4n) is 1.67. The quantitative estimate of drug-likeness (QED) is 0.382.